The lowest BCUT2D eigenvalue weighted by Gasteiger charge is -2.11. The van der Waals surface area contributed by atoms with Crippen molar-refractivity contribution in [3.05, 3.63) is 70.2 Å². The Morgan fingerprint density at radius 3 is 2.44 bits per heavy atom. The molecule has 18 heavy (non-hydrogen) atoms. The number of hydrogen-bond acceptors (Lipinski definition) is 1. The van der Waals surface area contributed by atoms with Crippen LogP contribution < -0.4 is 5.73 Å². The van der Waals surface area contributed by atoms with Crippen molar-refractivity contribution in [1.29, 1.82) is 0 Å². The van der Waals surface area contributed by atoms with Crippen LogP contribution in [0.3, 0.4) is 0 Å². The maximum atomic E-state index is 6.33. The van der Waals surface area contributed by atoms with E-state index in [4.69, 9.17) is 17.3 Å². The summed E-state index contributed by atoms with van der Waals surface area (Å²) in [4.78, 5) is 0. The molecule has 0 saturated heterocycles. The Morgan fingerprint density at radius 2 is 1.72 bits per heavy atom. The molecule has 94 valence electrons. The van der Waals surface area contributed by atoms with E-state index in [9.17, 15) is 0 Å². The summed E-state index contributed by atoms with van der Waals surface area (Å²) in [6, 6.07) is 16.6. The van der Waals surface area contributed by atoms with E-state index < -0.39 is 0 Å². The highest BCUT2D eigenvalue weighted by Crippen LogP contribution is 2.24. The molecule has 0 saturated carbocycles. The Bertz CT molecular complexity index is 494. The molecule has 0 spiro atoms. The molecular weight excluding hydrogens is 242 g/mol. The van der Waals surface area contributed by atoms with E-state index in [1.54, 1.807) is 0 Å². The van der Waals surface area contributed by atoms with Crippen LogP contribution in [0.15, 0.2) is 48.5 Å². The van der Waals surface area contributed by atoms with E-state index in [1.165, 1.54) is 16.7 Å². The number of nitrogens with two attached hydrogens (primary N) is 1. The van der Waals surface area contributed by atoms with Gasteiger partial charge in [0, 0.05) is 5.02 Å². The van der Waals surface area contributed by atoms with Gasteiger partial charge in [0.2, 0.25) is 0 Å². The van der Waals surface area contributed by atoms with Gasteiger partial charge in [0.1, 0.15) is 0 Å². The summed E-state index contributed by atoms with van der Waals surface area (Å²) in [6.45, 7) is 0.720. The van der Waals surface area contributed by atoms with Crippen molar-refractivity contribution in [1.82, 2.24) is 0 Å². The van der Waals surface area contributed by atoms with Crippen LogP contribution in [-0.4, -0.2) is 6.54 Å². The molecule has 0 aliphatic carbocycles. The fourth-order valence-corrected chi connectivity index (χ4v) is 2.39. The fourth-order valence-electron chi connectivity index (χ4n) is 2.13. The highest BCUT2D eigenvalue weighted by molar-refractivity contribution is 6.31. The lowest BCUT2D eigenvalue weighted by molar-refractivity contribution is 0.824. The second kappa shape index (κ2) is 6.58. The first-order valence-electron chi connectivity index (χ1n) is 6.31. The van der Waals surface area contributed by atoms with Gasteiger partial charge >= 0.3 is 0 Å². The zero-order valence-electron chi connectivity index (χ0n) is 10.4. The molecule has 2 N–H and O–H groups in total. The molecule has 0 heterocycles. The first-order valence-corrected chi connectivity index (χ1v) is 6.69. The maximum absolute atomic E-state index is 6.33. The lowest BCUT2D eigenvalue weighted by atomic mass is 9.97. The predicted octanol–water partition coefficient (Wildman–Crippen LogP) is 3.82. The van der Waals surface area contributed by atoms with Gasteiger partial charge in [-0.25, -0.2) is 0 Å². The van der Waals surface area contributed by atoms with Gasteiger partial charge in [-0.1, -0.05) is 54.1 Å². The third-order valence-electron chi connectivity index (χ3n) is 3.09. The van der Waals surface area contributed by atoms with Crippen LogP contribution in [-0.2, 0) is 12.8 Å². The van der Waals surface area contributed by atoms with Crippen molar-refractivity contribution in [3.63, 3.8) is 0 Å². The van der Waals surface area contributed by atoms with Crippen molar-refractivity contribution < 1.29 is 0 Å². The zero-order chi connectivity index (χ0) is 12.8. The van der Waals surface area contributed by atoms with E-state index in [0.29, 0.717) is 0 Å². The first-order chi connectivity index (χ1) is 8.81. The van der Waals surface area contributed by atoms with Gasteiger partial charge in [0.15, 0.2) is 0 Å². The van der Waals surface area contributed by atoms with E-state index in [-0.39, 0.29) is 0 Å². The Kier molecular flexibility index (Phi) is 4.80. The molecule has 2 rings (SSSR count). The molecule has 2 aromatic carbocycles. The van der Waals surface area contributed by atoms with Crippen molar-refractivity contribution in [3.8, 4) is 0 Å². The Hall–Kier alpha value is -1.31. The Labute approximate surface area is 114 Å². The van der Waals surface area contributed by atoms with Crippen molar-refractivity contribution in [2.45, 2.75) is 19.3 Å². The largest absolute Gasteiger partial charge is 0.330 e. The second-order valence-electron chi connectivity index (χ2n) is 4.43. The topological polar surface area (TPSA) is 26.0 Å². The van der Waals surface area contributed by atoms with Crippen molar-refractivity contribution in [2.24, 2.45) is 5.73 Å². The third-order valence-corrected chi connectivity index (χ3v) is 3.44. The molecular formula is C16H18ClN. The molecule has 0 radical (unpaired) electrons. The number of hydrogen-bond donors (Lipinski definition) is 1. The van der Waals surface area contributed by atoms with Crippen LogP contribution in [0.25, 0.3) is 0 Å². The molecule has 0 aliphatic rings. The summed E-state index contributed by atoms with van der Waals surface area (Å²) < 4.78 is 0. The van der Waals surface area contributed by atoms with E-state index in [1.807, 2.05) is 18.2 Å². The monoisotopic (exact) mass is 259 g/mol. The smallest absolute Gasteiger partial charge is 0.0444 e. The molecule has 1 nitrogen and oxygen atoms in total. The van der Waals surface area contributed by atoms with Gasteiger partial charge in [-0.3, -0.25) is 0 Å². The second-order valence-corrected chi connectivity index (χ2v) is 4.84. The molecule has 0 unspecified atom stereocenters. The Morgan fingerprint density at radius 1 is 0.944 bits per heavy atom. The zero-order valence-corrected chi connectivity index (χ0v) is 11.2. The quantitative estimate of drug-likeness (QED) is 0.868. The standard InChI is InChI=1S/C16H18ClN/c17-16-10-4-8-14(9-5-11-18)15(16)12-13-6-2-1-3-7-13/h1-4,6-8,10H,5,9,11-12,18H2. The SMILES string of the molecule is NCCCc1cccc(Cl)c1Cc1ccccc1. The summed E-state index contributed by atoms with van der Waals surface area (Å²) in [5, 5.41) is 0.855. The normalized spacial score (nSPS) is 10.6. The van der Waals surface area contributed by atoms with Gasteiger partial charge in [0.05, 0.1) is 0 Å². The molecule has 2 heteroatoms. The number of benzene rings is 2. The molecule has 0 atom stereocenters. The number of aryl methyl sites for hydroxylation is 1. The van der Waals surface area contributed by atoms with Gasteiger partial charge < -0.3 is 5.73 Å². The van der Waals surface area contributed by atoms with E-state index >= 15 is 0 Å². The minimum atomic E-state index is 0.720. The van der Waals surface area contributed by atoms with Crippen LogP contribution in [0.1, 0.15) is 23.1 Å². The van der Waals surface area contributed by atoms with Crippen LogP contribution >= 0.6 is 11.6 Å². The summed E-state index contributed by atoms with van der Waals surface area (Å²) in [6.07, 6.45) is 2.89. The van der Waals surface area contributed by atoms with Crippen molar-refractivity contribution in [2.75, 3.05) is 6.54 Å². The predicted molar refractivity (Wildman–Crippen MR) is 78.1 cm³/mol. The summed E-state index contributed by atoms with van der Waals surface area (Å²) in [5.41, 5.74) is 9.43. The molecule has 0 amide bonds. The minimum Gasteiger partial charge on any atom is -0.330 e. The van der Waals surface area contributed by atoms with Crippen LogP contribution in [0.4, 0.5) is 0 Å². The Balaban J connectivity index is 2.25. The maximum Gasteiger partial charge on any atom is 0.0444 e. The number of rotatable bonds is 5. The average molecular weight is 260 g/mol. The van der Waals surface area contributed by atoms with Crippen molar-refractivity contribution >= 4 is 11.6 Å². The highest BCUT2D eigenvalue weighted by atomic mass is 35.5. The molecule has 0 aliphatic heterocycles. The van der Waals surface area contributed by atoms with Crippen LogP contribution in [0.5, 0.6) is 0 Å². The van der Waals surface area contributed by atoms with Gasteiger partial charge in [-0.15, -0.1) is 0 Å². The van der Waals surface area contributed by atoms with Gasteiger partial charge in [-0.05, 0) is 48.6 Å². The molecule has 0 bridgehead atoms. The lowest BCUT2D eigenvalue weighted by Crippen LogP contribution is -2.03. The molecule has 2 aromatic rings. The number of halogens is 1. The average Bonchev–Trinajstić information content (AvgIpc) is 2.41. The molecule has 0 aromatic heterocycles. The van der Waals surface area contributed by atoms with Crippen LogP contribution in [0.2, 0.25) is 5.02 Å². The first kappa shape index (κ1) is 13.1. The third kappa shape index (κ3) is 3.34. The minimum absolute atomic E-state index is 0.720. The van der Waals surface area contributed by atoms with Gasteiger partial charge in [-0.2, -0.15) is 0 Å². The summed E-state index contributed by atoms with van der Waals surface area (Å²) in [5.74, 6) is 0. The fraction of sp³-hybridized carbons (Fsp3) is 0.250. The molecule has 0 fully saturated rings. The van der Waals surface area contributed by atoms with Gasteiger partial charge in [0.25, 0.3) is 0 Å². The van der Waals surface area contributed by atoms with Crippen LogP contribution in [0, 0.1) is 0 Å². The van der Waals surface area contributed by atoms with E-state index in [0.717, 1.165) is 30.8 Å². The highest BCUT2D eigenvalue weighted by Gasteiger charge is 2.07. The summed E-state index contributed by atoms with van der Waals surface area (Å²) in [7, 11) is 0. The summed E-state index contributed by atoms with van der Waals surface area (Å²) >= 11 is 6.33. The van der Waals surface area contributed by atoms with E-state index in [2.05, 4.69) is 30.3 Å².